The lowest BCUT2D eigenvalue weighted by Gasteiger charge is -2.14. The highest BCUT2D eigenvalue weighted by atomic mass is 35.5. The molecule has 0 aliphatic heterocycles. The third-order valence-electron chi connectivity index (χ3n) is 3.25. The second kappa shape index (κ2) is 6.81. The summed E-state index contributed by atoms with van der Waals surface area (Å²) in [5, 5.41) is 18.4. The molecule has 132 valence electrons. The minimum atomic E-state index is -1.70. The van der Waals surface area contributed by atoms with Gasteiger partial charge in [-0.05, 0) is 24.6 Å². The van der Waals surface area contributed by atoms with E-state index in [0.29, 0.717) is 0 Å². The molecule has 0 fully saturated rings. The molecule has 0 spiro atoms. The molecule has 0 amide bonds. The second-order valence-electron chi connectivity index (χ2n) is 4.81. The maximum Gasteiger partial charge on any atom is 0.342 e. The highest BCUT2D eigenvalue weighted by molar-refractivity contribution is 6.32. The number of rotatable bonds is 5. The molecule has 0 bridgehead atoms. The summed E-state index contributed by atoms with van der Waals surface area (Å²) >= 11 is 5.93. The van der Waals surface area contributed by atoms with Gasteiger partial charge in [-0.1, -0.05) is 11.6 Å². The highest BCUT2D eigenvalue weighted by Crippen LogP contribution is 2.36. The number of nitrogens with two attached hydrogens (primary N) is 1. The molecule has 0 saturated heterocycles. The van der Waals surface area contributed by atoms with E-state index >= 15 is 0 Å². The standard InChI is InChI=1S/C15H12ClFN2O6/c1-2-25-11-6(16)3-5(4-7(11)17)8-9(14(21)22)12(18)19-13(20)10(8)15(23)24/h3-4H,2H2,1H3,(H,21,22)(H,23,24)(H3,18,19,20). The highest BCUT2D eigenvalue weighted by Gasteiger charge is 2.27. The number of ether oxygens (including phenoxy) is 1. The van der Waals surface area contributed by atoms with Crippen molar-refractivity contribution in [2.45, 2.75) is 6.92 Å². The predicted molar refractivity (Wildman–Crippen MR) is 87.0 cm³/mol. The quantitative estimate of drug-likeness (QED) is 0.631. The lowest BCUT2D eigenvalue weighted by molar-refractivity contribution is 0.0695. The van der Waals surface area contributed by atoms with E-state index in [1.807, 2.05) is 4.98 Å². The fourth-order valence-electron chi connectivity index (χ4n) is 2.32. The Morgan fingerprint density at radius 2 is 1.88 bits per heavy atom. The molecule has 25 heavy (non-hydrogen) atoms. The lowest BCUT2D eigenvalue weighted by Crippen LogP contribution is -2.24. The van der Waals surface area contributed by atoms with Gasteiger partial charge in [-0.15, -0.1) is 0 Å². The number of H-pyrrole nitrogens is 1. The third-order valence-corrected chi connectivity index (χ3v) is 3.53. The monoisotopic (exact) mass is 370 g/mol. The van der Waals surface area contributed by atoms with Crippen LogP contribution in [0.4, 0.5) is 10.2 Å². The van der Waals surface area contributed by atoms with Gasteiger partial charge in [0.15, 0.2) is 11.6 Å². The summed E-state index contributed by atoms with van der Waals surface area (Å²) in [6.07, 6.45) is 0. The van der Waals surface area contributed by atoms with Crippen molar-refractivity contribution < 1.29 is 28.9 Å². The minimum absolute atomic E-state index is 0.120. The van der Waals surface area contributed by atoms with E-state index in [1.54, 1.807) is 6.92 Å². The van der Waals surface area contributed by atoms with Gasteiger partial charge in [0, 0.05) is 5.56 Å². The molecule has 0 aliphatic rings. The van der Waals surface area contributed by atoms with Gasteiger partial charge in [-0.25, -0.2) is 14.0 Å². The van der Waals surface area contributed by atoms with E-state index in [4.69, 9.17) is 22.1 Å². The number of aromatic nitrogens is 1. The zero-order valence-electron chi connectivity index (χ0n) is 12.7. The van der Waals surface area contributed by atoms with Crippen molar-refractivity contribution >= 4 is 29.4 Å². The van der Waals surface area contributed by atoms with Gasteiger partial charge < -0.3 is 25.7 Å². The molecule has 1 aromatic carbocycles. The van der Waals surface area contributed by atoms with E-state index in [-0.39, 0.29) is 22.9 Å². The molecule has 1 aromatic heterocycles. The summed E-state index contributed by atoms with van der Waals surface area (Å²) in [7, 11) is 0. The van der Waals surface area contributed by atoms with E-state index in [9.17, 15) is 29.0 Å². The van der Waals surface area contributed by atoms with Crippen LogP contribution >= 0.6 is 11.6 Å². The van der Waals surface area contributed by atoms with Crippen molar-refractivity contribution in [1.82, 2.24) is 4.98 Å². The van der Waals surface area contributed by atoms with Crippen LogP contribution in [0.15, 0.2) is 16.9 Å². The number of hydrogen-bond donors (Lipinski definition) is 4. The topological polar surface area (TPSA) is 143 Å². The Labute approximate surface area is 144 Å². The Balaban J connectivity index is 2.93. The number of halogens is 2. The van der Waals surface area contributed by atoms with Crippen LogP contribution in [-0.4, -0.2) is 33.7 Å². The zero-order chi connectivity index (χ0) is 18.9. The summed E-state index contributed by atoms with van der Waals surface area (Å²) in [4.78, 5) is 36.8. The molecule has 2 aromatic rings. The van der Waals surface area contributed by atoms with Crippen LogP contribution in [0.5, 0.6) is 5.75 Å². The fourth-order valence-corrected chi connectivity index (χ4v) is 2.58. The van der Waals surface area contributed by atoms with Crippen molar-refractivity contribution in [3.05, 3.63) is 44.5 Å². The summed E-state index contributed by atoms with van der Waals surface area (Å²) < 4.78 is 19.3. The van der Waals surface area contributed by atoms with E-state index < -0.39 is 45.8 Å². The van der Waals surface area contributed by atoms with Crippen molar-refractivity contribution in [3.8, 4) is 16.9 Å². The number of aromatic carboxylic acids is 2. The first-order valence-electron chi connectivity index (χ1n) is 6.83. The Morgan fingerprint density at radius 3 is 2.36 bits per heavy atom. The molecule has 0 saturated carbocycles. The van der Waals surface area contributed by atoms with E-state index in [2.05, 4.69) is 0 Å². The number of carboxylic acids is 2. The number of anilines is 1. The molecule has 8 nitrogen and oxygen atoms in total. The number of hydrogen-bond acceptors (Lipinski definition) is 5. The van der Waals surface area contributed by atoms with Crippen molar-refractivity contribution in [2.24, 2.45) is 0 Å². The van der Waals surface area contributed by atoms with Gasteiger partial charge in [0.2, 0.25) is 0 Å². The van der Waals surface area contributed by atoms with Crippen LogP contribution in [0.2, 0.25) is 5.02 Å². The summed E-state index contributed by atoms with van der Waals surface area (Å²) in [5.41, 5.74) is 2.00. The molecule has 10 heteroatoms. The average molecular weight is 371 g/mol. The van der Waals surface area contributed by atoms with Crippen LogP contribution in [0, 0.1) is 5.82 Å². The largest absolute Gasteiger partial charge is 0.489 e. The third kappa shape index (κ3) is 3.26. The van der Waals surface area contributed by atoms with Crippen LogP contribution in [0.3, 0.4) is 0 Å². The second-order valence-corrected chi connectivity index (χ2v) is 5.21. The molecule has 0 atom stereocenters. The summed E-state index contributed by atoms with van der Waals surface area (Å²) in [6, 6.07) is 1.92. The van der Waals surface area contributed by atoms with Crippen LogP contribution < -0.4 is 16.0 Å². The normalized spacial score (nSPS) is 10.5. The number of nitrogens with one attached hydrogen (secondary N) is 1. The Morgan fingerprint density at radius 1 is 1.28 bits per heavy atom. The Hall–Kier alpha value is -3.07. The molecule has 5 N–H and O–H groups in total. The smallest absolute Gasteiger partial charge is 0.342 e. The lowest BCUT2D eigenvalue weighted by atomic mass is 9.95. The number of benzene rings is 1. The number of carbonyl (C=O) groups is 2. The van der Waals surface area contributed by atoms with Gasteiger partial charge in [-0.3, -0.25) is 4.79 Å². The predicted octanol–water partition coefficient (Wildman–Crippen LogP) is 2.21. The molecule has 0 radical (unpaired) electrons. The summed E-state index contributed by atoms with van der Waals surface area (Å²) in [6.45, 7) is 1.72. The average Bonchev–Trinajstić information content (AvgIpc) is 2.48. The number of nitrogen functional groups attached to an aromatic ring is 1. The van der Waals surface area contributed by atoms with Crippen molar-refractivity contribution in [3.63, 3.8) is 0 Å². The number of carboxylic acid groups (broad SMARTS) is 2. The van der Waals surface area contributed by atoms with E-state index in [0.717, 1.165) is 12.1 Å². The molecular weight excluding hydrogens is 359 g/mol. The van der Waals surface area contributed by atoms with Gasteiger partial charge in [-0.2, -0.15) is 0 Å². The van der Waals surface area contributed by atoms with Crippen molar-refractivity contribution in [2.75, 3.05) is 12.3 Å². The summed E-state index contributed by atoms with van der Waals surface area (Å²) in [5.74, 6) is -5.10. The Kier molecular flexibility index (Phi) is 4.98. The maximum atomic E-state index is 14.2. The van der Waals surface area contributed by atoms with Crippen molar-refractivity contribution in [1.29, 1.82) is 0 Å². The number of aromatic amines is 1. The Bertz CT molecular complexity index is 917. The van der Waals surface area contributed by atoms with Gasteiger partial charge >= 0.3 is 11.9 Å². The molecule has 0 unspecified atom stereocenters. The van der Waals surface area contributed by atoms with Crippen LogP contribution in [0.25, 0.3) is 11.1 Å². The molecule has 2 rings (SSSR count). The minimum Gasteiger partial charge on any atom is -0.489 e. The van der Waals surface area contributed by atoms with Gasteiger partial charge in [0.25, 0.3) is 5.56 Å². The molecular formula is C15H12ClFN2O6. The molecule has 1 heterocycles. The fraction of sp³-hybridized carbons (Fsp3) is 0.133. The first kappa shape index (κ1) is 18.3. The van der Waals surface area contributed by atoms with Gasteiger partial charge in [0.1, 0.15) is 16.9 Å². The van der Waals surface area contributed by atoms with E-state index in [1.165, 1.54) is 0 Å². The van der Waals surface area contributed by atoms with Gasteiger partial charge in [0.05, 0.1) is 11.6 Å². The zero-order valence-corrected chi connectivity index (χ0v) is 13.5. The maximum absolute atomic E-state index is 14.2. The molecule has 0 aliphatic carbocycles. The van der Waals surface area contributed by atoms with Crippen LogP contribution in [-0.2, 0) is 0 Å². The first-order chi connectivity index (χ1) is 11.7. The number of pyridine rings is 1. The SMILES string of the molecule is CCOc1c(F)cc(-c2c(C(=O)O)c(N)[nH]c(=O)c2C(=O)O)cc1Cl. The van der Waals surface area contributed by atoms with Crippen LogP contribution in [0.1, 0.15) is 27.6 Å². The first-order valence-corrected chi connectivity index (χ1v) is 7.21.